The van der Waals surface area contributed by atoms with Gasteiger partial charge in [-0.2, -0.15) is 0 Å². The van der Waals surface area contributed by atoms with Crippen LogP contribution in [0.1, 0.15) is 42.2 Å². The zero-order valence-corrected chi connectivity index (χ0v) is 17.4. The van der Waals surface area contributed by atoms with Crippen molar-refractivity contribution in [2.45, 2.75) is 31.1 Å². The van der Waals surface area contributed by atoms with Crippen molar-refractivity contribution in [3.05, 3.63) is 76.4 Å². The summed E-state index contributed by atoms with van der Waals surface area (Å²) in [6.45, 7) is 4.03. The van der Waals surface area contributed by atoms with E-state index in [0.717, 1.165) is 42.1 Å². The lowest BCUT2D eigenvalue weighted by atomic mass is 10.1. The van der Waals surface area contributed by atoms with Gasteiger partial charge in [-0.25, -0.2) is 4.39 Å². The summed E-state index contributed by atoms with van der Waals surface area (Å²) < 4.78 is 13.8. The molecular weight excluding hydrogens is 383 g/mol. The van der Waals surface area contributed by atoms with Crippen molar-refractivity contribution in [1.29, 1.82) is 0 Å². The number of carbonyl (C=O) groups is 1. The maximum absolute atomic E-state index is 13.8. The van der Waals surface area contributed by atoms with Crippen molar-refractivity contribution >= 4 is 23.7 Å². The molecule has 5 heteroatoms. The van der Waals surface area contributed by atoms with Crippen LogP contribution >= 0.6 is 11.8 Å². The Morgan fingerprint density at radius 1 is 1.00 bits per heavy atom. The zero-order chi connectivity index (χ0) is 20.1. The summed E-state index contributed by atoms with van der Waals surface area (Å²) in [5, 5.41) is -0.172. The fourth-order valence-corrected chi connectivity index (χ4v) is 5.33. The molecular formula is C24H27FN2OS. The van der Waals surface area contributed by atoms with Gasteiger partial charge < -0.3 is 9.80 Å². The highest BCUT2D eigenvalue weighted by molar-refractivity contribution is 8.04. The van der Waals surface area contributed by atoms with Crippen molar-refractivity contribution in [3.63, 3.8) is 0 Å². The highest BCUT2D eigenvalue weighted by atomic mass is 32.2. The van der Waals surface area contributed by atoms with Gasteiger partial charge in [0.15, 0.2) is 0 Å². The summed E-state index contributed by atoms with van der Waals surface area (Å²) in [6.07, 6.45) is 6.76. The standard InChI is InChI=1S/C24H27FN2OS/c25-21-12-7-11-20(18-21)24-27(16-8-15-26-13-5-2-6-14-26)23(28)22(29-24)17-19-9-3-1-4-10-19/h1,3-4,7,9-12,17-18,24H,2,5-6,8,13-16H2/b22-17-. The number of halogens is 1. The SMILES string of the molecule is O=C1/C(=C/c2ccccc2)SC(c2cccc(F)c2)N1CCCN1CCCCC1. The van der Waals surface area contributed by atoms with E-state index in [9.17, 15) is 9.18 Å². The predicted molar refractivity (Wildman–Crippen MR) is 118 cm³/mol. The van der Waals surface area contributed by atoms with Crippen LogP contribution in [0.2, 0.25) is 0 Å². The van der Waals surface area contributed by atoms with E-state index in [0.29, 0.717) is 6.54 Å². The van der Waals surface area contributed by atoms with E-state index in [2.05, 4.69) is 4.90 Å². The topological polar surface area (TPSA) is 23.6 Å². The van der Waals surface area contributed by atoms with E-state index in [-0.39, 0.29) is 17.1 Å². The maximum Gasteiger partial charge on any atom is 0.261 e. The van der Waals surface area contributed by atoms with Crippen LogP contribution < -0.4 is 0 Å². The van der Waals surface area contributed by atoms with Gasteiger partial charge in [0.1, 0.15) is 11.2 Å². The van der Waals surface area contributed by atoms with Crippen molar-refractivity contribution in [2.24, 2.45) is 0 Å². The van der Waals surface area contributed by atoms with Gasteiger partial charge in [0, 0.05) is 6.54 Å². The van der Waals surface area contributed by atoms with Gasteiger partial charge in [0.05, 0.1) is 4.91 Å². The van der Waals surface area contributed by atoms with Crippen LogP contribution in [0.25, 0.3) is 6.08 Å². The molecule has 2 fully saturated rings. The number of thioether (sulfide) groups is 1. The minimum absolute atomic E-state index is 0.0479. The first-order chi connectivity index (χ1) is 14.2. The molecule has 0 N–H and O–H groups in total. The van der Waals surface area contributed by atoms with Crippen LogP contribution in [0.15, 0.2) is 59.5 Å². The van der Waals surface area contributed by atoms with Crippen molar-refractivity contribution < 1.29 is 9.18 Å². The van der Waals surface area contributed by atoms with E-state index >= 15 is 0 Å². The molecule has 4 rings (SSSR count). The van der Waals surface area contributed by atoms with Crippen LogP contribution in [-0.4, -0.2) is 41.9 Å². The Morgan fingerprint density at radius 3 is 2.55 bits per heavy atom. The van der Waals surface area contributed by atoms with E-state index in [1.165, 1.54) is 37.1 Å². The summed E-state index contributed by atoms with van der Waals surface area (Å²) in [5.74, 6) is -0.212. The molecule has 2 heterocycles. The number of nitrogens with zero attached hydrogens (tertiary/aromatic N) is 2. The first kappa shape index (κ1) is 20.2. The molecule has 0 saturated carbocycles. The summed E-state index contributed by atoms with van der Waals surface area (Å²) >= 11 is 1.53. The van der Waals surface area contributed by atoms with Gasteiger partial charge in [-0.05, 0) is 68.2 Å². The van der Waals surface area contributed by atoms with E-state index < -0.39 is 0 Å². The number of hydrogen-bond acceptors (Lipinski definition) is 3. The average Bonchev–Trinajstić information content (AvgIpc) is 3.05. The van der Waals surface area contributed by atoms with Crippen LogP contribution in [-0.2, 0) is 4.79 Å². The molecule has 3 nitrogen and oxygen atoms in total. The van der Waals surface area contributed by atoms with E-state index in [4.69, 9.17) is 0 Å². The molecule has 0 spiro atoms. The highest BCUT2D eigenvalue weighted by Crippen LogP contribution is 2.46. The van der Waals surface area contributed by atoms with Gasteiger partial charge in [0.25, 0.3) is 5.91 Å². The van der Waals surface area contributed by atoms with Crippen LogP contribution in [0, 0.1) is 5.82 Å². The molecule has 2 saturated heterocycles. The molecule has 1 unspecified atom stereocenters. The van der Waals surface area contributed by atoms with E-state index in [1.54, 1.807) is 12.1 Å². The Labute approximate surface area is 176 Å². The number of benzene rings is 2. The van der Waals surface area contributed by atoms with Crippen LogP contribution in [0.4, 0.5) is 4.39 Å². The minimum atomic E-state index is -0.260. The molecule has 0 aliphatic carbocycles. The molecule has 2 aromatic rings. The second-order valence-electron chi connectivity index (χ2n) is 7.70. The molecule has 29 heavy (non-hydrogen) atoms. The Bertz CT molecular complexity index is 864. The summed E-state index contributed by atoms with van der Waals surface area (Å²) in [5.41, 5.74) is 1.86. The minimum Gasteiger partial charge on any atom is -0.322 e. The fraction of sp³-hybridized carbons (Fsp3) is 0.375. The number of rotatable bonds is 6. The smallest absolute Gasteiger partial charge is 0.261 e. The van der Waals surface area contributed by atoms with Crippen molar-refractivity contribution in [3.8, 4) is 0 Å². The number of piperidine rings is 1. The number of carbonyl (C=O) groups excluding carboxylic acids is 1. The van der Waals surface area contributed by atoms with Gasteiger partial charge in [0.2, 0.25) is 0 Å². The summed E-state index contributed by atoms with van der Waals surface area (Å²) in [6, 6.07) is 16.5. The highest BCUT2D eigenvalue weighted by Gasteiger charge is 2.36. The first-order valence-corrected chi connectivity index (χ1v) is 11.3. The normalized spacial score (nSPS) is 21.8. The van der Waals surface area contributed by atoms with Crippen LogP contribution in [0.3, 0.4) is 0 Å². The number of amides is 1. The molecule has 2 aliphatic rings. The molecule has 152 valence electrons. The fourth-order valence-electron chi connectivity index (χ4n) is 4.05. The third-order valence-electron chi connectivity index (χ3n) is 5.55. The van der Waals surface area contributed by atoms with Gasteiger partial charge >= 0.3 is 0 Å². The Hall–Kier alpha value is -2.11. The monoisotopic (exact) mass is 410 g/mol. The van der Waals surface area contributed by atoms with Crippen molar-refractivity contribution in [1.82, 2.24) is 9.80 Å². The zero-order valence-electron chi connectivity index (χ0n) is 16.6. The second-order valence-corrected chi connectivity index (χ2v) is 8.82. The molecule has 0 aromatic heterocycles. The molecule has 2 aliphatic heterocycles. The van der Waals surface area contributed by atoms with E-state index in [1.807, 2.05) is 47.4 Å². The molecule has 2 aromatic carbocycles. The predicted octanol–water partition coefficient (Wildman–Crippen LogP) is 5.32. The molecule has 0 bridgehead atoms. The third kappa shape index (κ3) is 5.09. The van der Waals surface area contributed by atoms with Crippen LogP contribution in [0.5, 0.6) is 0 Å². The Kier molecular flexibility index (Phi) is 6.67. The van der Waals surface area contributed by atoms with Gasteiger partial charge in [-0.3, -0.25) is 4.79 Å². The first-order valence-electron chi connectivity index (χ1n) is 10.4. The number of likely N-dealkylation sites (tertiary alicyclic amines) is 1. The molecule has 1 amide bonds. The van der Waals surface area contributed by atoms with Gasteiger partial charge in [-0.15, -0.1) is 0 Å². The van der Waals surface area contributed by atoms with Gasteiger partial charge in [-0.1, -0.05) is 60.6 Å². The lowest BCUT2D eigenvalue weighted by Crippen LogP contribution is -2.34. The lowest BCUT2D eigenvalue weighted by molar-refractivity contribution is -0.126. The Balaban J connectivity index is 1.51. The molecule has 0 radical (unpaired) electrons. The van der Waals surface area contributed by atoms with Crippen molar-refractivity contribution in [2.75, 3.05) is 26.2 Å². The average molecular weight is 411 g/mol. The Morgan fingerprint density at radius 2 is 1.79 bits per heavy atom. The molecule has 1 atom stereocenters. The number of hydrogen-bond donors (Lipinski definition) is 0. The summed E-state index contributed by atoms with van der Waals surface area (Å²) in [4.78, 5) is 18.3. The quantitative estimate of drug-likeness (QED) is 0.603. The maximum atomic E-state index is 13.8. The summed E-state index contributed by atoms with van der Waals surface area (Å²) in [7, 11) is 0. The second kappa shape index (κ2) is 9.59. The third-order valence-corrected chi connectivity index (χ3v) is 6.84. The largest absolute Gasteiger partial charge is 0.322 e. The lowest BCUT2D eigenvalue weighted by Gasteiger charge is -2.28.